The highest BCUT2D eigenvalue weighted by molar-refractivity contribution is 7.18. The Balaban J connectivity index is 1.68. The Labute approximate surface area is 145 Å². The second-order valence-electron chi connectivity index (χ2n) is 5.66. The van der Waals surface area contributed by atoms with E-state index in [0.29, 0.717) is 0 Å². The number of anilines is 1. The van der Waals surface area contributed by atoms with Crippen LogP contribution in [0.15, 0.2) is 42.7 Å². The van der Waals surface area contributed by atoms with Crippen LogP contribution in [0.5, 0.6) is 0 Å². The molecule has 0 unspecified atom stereocenters. The molecule has 1 fully saturated rings. The van der Waals surface area contributed by atoms with Crippen molar-refractivity contribution < 1.29 is 4.74 Å². The molecule has 0 aliphatic carbocycles. The van der Waals surface area contributed by atoms with Crippen molar-refractivity contribution in [2.75, 3.05) is 31.2 Å². The fourth-order valence-corrected chi connectivity index (χ4v) is 3.79. The molecule has 1 aliphatic heterocycles. The van der Waals surface area contributed by atoms with Crippen LogP contribution < -0.4 is 4.90 Å². The average molecular weight is 338 g/mol. The van der Waals surface area contributed by atoms with Crippen molar-refractivity contribution in [1.29, 1.82) is 0 Å². The molecule has 0 amide bonds. The zero-order chi connectivity index (χ0) is 16.4. The summed E-state index contributed by atoms with van der Waals surface area (Å²) >= 11 is 1.66. The molecule has 24 heavy (non-hydrogen) atoms. The normalized spacial score (nSPS) is 14.8. The molecule has 0 radical (unpaired) electrons. The predicted octanol–water partition coefficient (Wildman–Crippen LogP) is 3.41. The first-order chi connectivity index (χ1) is 11.8. The van der Waals surface area contributed by atoms with Gasteiger partial charge in [0.1, 0.15) is 10.8 Å². The Hall–Kier alpha value is -2.31. The highest BCUT2D eigenvalue weighted by atomic mass is 32.1. The lowest BCUT2D eigenvalue weighted by molar-refractivity contribution is 0.122. The van der Waals surface area contributed by atoms with E-state index < -0.39 is 0 Å². The summed E-state index contributed by atoms with van der Waals surface area (Å²) in [5, 5.41) is 0.981. The van der Waals surface area contributed by atoms with Gasteiger partial charge >= 0.3 is 0 Å². The SMILES string of the molecule is Cc1nc(-c2cccnc2)sc1-c1cccc(N2CCOCC2)n1. The first-order valence-corrected chi connectivity index (χ1v) is 8.81. The summed E-state index contributed by atoms with van der Waals surface area (Å²) in [6.07, 6.45) is 3.62. The monoisotopic (exact) mass is 338 g/mol. The third-order valence-corrected chi connectivity index (χ3v) is 5.24. The summed E-state index contributed by atoms with van der Waals surface area (Å²) in [4.78, 5) is 17.1. The van der Waals surface area contributed by atoms with E-state index in [0.717, 1.165) is 59.0 Å². The molecule has 3 aromatic rings. The van der Waals surface area contributed by atoms with E-state index in [9.17, 15) is 0 Å². The quantitative estimate of drug-likeness (QED) is 0.732. The zero-order valence-electron chi connectivity index (χ0n) is 13.5. The van der Waals surface area contributed by atoms with Crippen molar-refractivity contribution in [1.82, 2.24) is 15.0 Å². The third-order valence-electron chi connectivity index (χ3n) is 4.01. The summed E-state index contributed by atoms with van der Waals surface area (Å²) in [5.74, 6) is 1.01. The number of hydrogen-bond acceptors (Lipinski definition) is 6. The lowest BCUT2D eigenvalue weighted by atomic mass is 10.2. The number of rotatable bonds is 3. The fourth-order valence-electron chi connectivity index (χ4n) is 2.77. The highest BCUT2D eigenvalue weighted by Crippen LogP contribution is 2.34. The summed E-state index contributed by atoms with van der Waals surface area (Å²) in [5.41, 5.74) is 3.02. The number of aromatic nitrogens is 3. The van der Waals surface area contributed by atoms with Gasteiger partial charge < -0.3 is 9.64 Å². The molecule has 0 aromatic carbocycles. The predicted molar refractivity (Wildman–Crippen MR) is 96.3 cm³/mol. The van der Waals surface area contributed by atoms with E-state index >= 15 is 0 Å². The number of ether oxygens (including phenoxy) is 1. The van der Waals surface area contributed by atoms with Gasteiger partial charge in [-0.2, -0.15) is 0 Å². The van der Waals surface area contributed by atoms with Gasteiger partial charge in [-0.3, -0.25) is 4.98 Å². The third kappa shape index (κ3) is 3.02. The molecular weight excluding hydrogens is 320 g/mol. The van der Waals surface area contributed by atoms with Gasteiger partial charge in [0.25, 0.3) is 0 Å². The number of pyridine rings is 2. The van der Waals surface area contributed by atoms with Gasteiger partial charge in [-0.25, -0.2) is 9.97 Å². The van der Waals surface area contributed by atoms with Crippen molar-refractivity contribution >= 4 is 17.2 Å². The van der Waals surface area contributed by atoms with E-state index in [4.69, 9.17) is 14.7 Å². The number of hydrogen-bond donors (Lipinski definition) is 0. The number of thiazole rings is 1. The van der Waals surface area contributed by atoms with Gasteiger partial charge in [0.05, 0.1) is 29.5 Å². The van der Waals surface area contributed by atoms with Crippen LogP contribution in [0.1, 0.15) is 5.69 Å². The van der Waals surface area contributed by atoms with E-state index in [-0.39, 0.29) is 0 Å². The maximum absolute atomic E-state index is 5.42. The molecule has 6 heteroatoms. The smallest absolute Gasteiger partial charge is 0.129 e. The van der Waals surface area contributed by atoms with Gasteiger partial charge in [-0.05, 0) is 31.2 Å². The van der Waals surface area contributed by atoms with Crippen molar-refractivity contribution in [2.24, 2.45) is 0 Å². The molecule has 0 saturated carbocycles. The number of morpholine rings is 1. The molecule has 1 saturated heterocycles. The van der Waals surface area contributed by atoms with Crippen LogP contribution in [0.3, 0.4) is 0 Å². The summed E-state index contributed by atoms with van der Waals surface area (Å²) in [7, 11) is 0. The molecule has 122 valence electrons. The number of aryl methyl sites for hydroxylation is 1. The Morgan fingerprint density at radius 2 is 1.96 bits per heavy atom. The molecule has 0 N–H and O–H groups in total. The first kappa shape index (κ1) is 15.2. The largest absolute Gasteiger partial charge is 0.378 e. The van der Waals surface area contributed by atoms with E-state index in [1.165, 1.54) is 0 Å². The summed E-state index contributed by atoms with van der Waals surface area (Å²) in [6.45, 7) is 5.33. The molecule has 5 nitrogen and oxygen atoms in total. The standard InChI is InChI=1S/C18H18N4OS/c1-13-17(24-18(20-13)14-4-3-7-19-12-14)15-5-2-6-16(21-15)22-8-10-23-11-9-22/h2-7,12H,8-11H2,1H3. The van der Waals surface area contributed by atoms with Crippen LogP contribution in [0.25, 0.3) is 21.1 Å². The molecule has 3 aromatic heterocycles. The second kappa shape index (κ2) is 6.67. The molecule has 4 heterocycles. The molecule has 0 bridgehead atoms. The second-order valence-corrected chi connectivity index (χ2v) is 6.65. The summed E-state index contributed by atoms with van der Waals surface area (Å²) in [6, 6.07) is 10.1. The Morgan fingerprint density at radius 1 is 1.08 bits per heavy atom. The van der Waals surface area contributed by atoms with Crippen molar-refractivity contribution in [3.8, 4) is 21.1 Å². The van der Waals surface area contributed by atoms with E-state index in [1.807, 2.05) is 25.3 Å². The zero-order valence-corrected chi connectivity index (χ0v) is 14.3. The minimum Gasteiger partial charge on any atom is -0.378 e. The van der Waals surface area contributed by atoms with Gasteiger partial charge in [0.15, 0.2) is 0 Å². The first-order valence-electron chi connectivity index (χ1n) is 7.99. The molecule has 1 aliphatic rings. The van der Waals surface area contributed by atoms with Crippen LogP contribution in [0.2, 0.25) is 0 Å². The number of nitrogens with zero attached hydrogens (tertiary/aromatic N) is 4. The summed E-state index contributed by atoms with van der Waals surface area (Å²) < 4.78 is 5.42. The topological polar surface area (TPSA) is 51.1 Å². The maximum Gasteiger partial charge on any atom is 0.129 e. The molecule has 4 rings (SSSR count). The minimum absolute atomic E-state index is 0.761. The Kier molecular flexibility index (Phi) is 4.23. The van der Waals surface area contributed by atoms with Gasteiger partial charge in [-0.1, -0.05) is 6.07 Å². The Morgan fingerprint density at radius 3 is 2.75 bits per heavy atom. The van der Waals surface area contributed by atoms with Crippen LogP contribution in [-0.4, -0.2) is 41.3 Å². The molecule has 0 spiro atoms. The van der Waals surface area contributed by atoms with Crippen molar-refractivity contribution in [3.05, 3.63) is 48.4 Å². The van der Waals surface area contributed by atoms with Crippen molar-refractivity contribution in [2.45, 2.75) is 6.92 Å². The van der Waals surface area contributed by atoms with Crippen LogP contribution in [-0.2, 0) is 4.74 Å². The van der Waals surface area contributed by atoms with Crippen LogP contribution in [0, 0.1) is 6.92 Å². The van der Waals surface area contributed by atoms with Crippen molar-refractivity contribution in [3.63, 3.8) is 0 Å². The maximum atomic E-state index is 5.42. The highest BCUT2D eigenvalue weighted by Gasteiger charge is 2.16. The minimum atomic E-state index is 0.761. The van der Waals surface area contributed by atoms with Crippen LogP contribution >= 0.6 is 11.3 Å². The van der Waals surface area contributed by atoms with E-state index in [1.54, 1.807) is 17.5 Å². The van der Waals surface area contributed by atoms with Gasteiger partial charge in [-0.15, -0.1) is 11.3 Å². The lowest BCUT2D eigenvalue weighted by Gasteiger charge is -2.28. The van der Waals surface area contributed by atoms with Crippen LogP contribution in [0.4, 0.5) is 5.82 Å². The average Bonchev–Trinajstić information content (AvgIpc) is 3.05. The molecular formula is C18H18N4OS. The lowest BCUT2D eigenvalue weighted by Crippen LogP contribution is -2.36. The van der Waals surface area contributed by atoms with Gasteiger partial charge in [0, 0.05) is 31.0 Å². The Bertz CT molecular complexity index is 828. The fraction of sp³-hybridized carbons (Fsp3) is 0.278. The molecule has 0 atom stereocenters. The van der Waals surface area contributed by atoms with Gasteiger partial charge in [0.2, 0.25) is 0 Å². The van der Waals surface area contributed by atoms with E-state index in [2.05, 4.69) is 28.1 Å².